The average molecular weight is 876 g/mol. The highest BCUT2D eigenvalue weighted by Gasteiger charge is 2.30. The van der Waals surface area contributed by atoms with Crippen LogP contribution in [0, 0.1) is 17.6 Å². The van der Waals surface area contributed by atoms with Crippen molar-refractivity contribution in [1.29, 1.82) is 0 Å². The molecule has 326 valence electrons. The first-order chi connectivity index (χ1) is 30.5. The van der Waals surface area contributed by atoms with Gasteiger partial charge in [-0.2, -0.15) is 4.98 Å². The van der Waals surface area contributed by atoms with Crippen LogP contribution < -0.4 is 31.5 Å². The molecule has 5 aromatic rings. The van der Waals surface area contributed by atoms with E-state index in [1.807, 2.05) is 0 Å². The number of hydrogen-bond acceptors (Lipinski definition) is 10. The summed E-state index contributed by atoms with van der Waals surface area (Å²) in [6.07, 6.45) is 6.70. The molecule has 1 aliphatic carbocycles. The normalized spacial score (nSPS) is 19.2. The van der Waals surface area contributed by atoms with Crippen molar-refractivity contribution in [3.8, 4) is 0 Å². The molecule has 16 heteroatoms. The Morgan fingerprint density at radius 2 is 1.46 bits per heavy atom. The van der Waals surface area contributed by atoms with Gasteiger partial charge in [0, 0.05) is 61.1 Å². The Hall–Kier alpha value is -6.45. The molecule has 2 aliphatic heterocycles. The van der Waals surface area contributed by atoms with Crippen molar-refractivity contribution in [3.05, 3.63) is 131 Å². The predicted molar refractivity (Wildman–Crippen MR) is 239 cm³/mol. The summed E-state index contributed by atoms with van der Waals surface area (Å²) in [7, 11) is 0. The topological polar surface area (TPSA) is 161 Å². The van der Waals surface area contributed by atoms with Crippen LogP contribution in [0.2, 0.25) is 5.02 Å². The number of hydrogen-bond donors (Lipinski definition) is 5. The van der Waals surface area contributed by atoms with Crippen molar-refractivity contribution in [3.63, 3.8) is 0 Å². The summed E-state index contributed by atoms with van der Waals surface area (Å²) in [5, 5.41) is 14.7. The van der Waals surface area contributed by atoms with Crippen molar-refractivity contribution < 1.29 is 28.0 Å². The summed E-state index contributed by atoms with van der Waals surface area (Å²) in [5.74, 6) is -1.96. The van der Waals surface area contributed by atoms with Gasteiger partial charge < -0.3 is 26.2 Å². The molecule has 5 N–H and O–H groups in total. The molecule has 1 saturated carbocycles. The molecule has 3 fully saturated rings. The number of piperidine rings is 1. The number of carbonyl (C=O) groups is 4. The average Bonchev–Trinajstić information content (AvgIpc) is 3.29. The minimum Gasteiger partial charge on any atom is -0.367 e. The van der Waals surface area contributed by atoms with Crippen molar-refractivity contribution in [2.24, 2.45) is 5.92 Å². The maximum Gasteiger partial charge on any atom is 0.255 e. The van der Waals surface area contributed by atoms with Gasteiger partial charge in [0.2, 0.25) is 17.8 Å². The number of carbonyl (C=O) groups excluding carboxylic acids is 4. The summed E-state index contributed by atoms with van der Waals surface area (Å²) >= 11 is 6.15. The maximum absolute atomic E-state index is 15.2. The lowest BCUT2D eigenvalue weighted by Gasteiger charge is -2.37. The number of halogens is 3. The number of aromatic nitrogens is 2. The second-order valence-corrected chi connectivity index (χ2v) is 16.7. The number of rotatable bonds is 13. The quantitative estimate of drug-likeness (QED) is 0.0731. The van der Waals surface area contributed by atoms with E-state index in [0.29, 0.717) is 56.8 Å². The van der Waals surface area contributed by atoms with E-state index in [2.05, 4.69) is 46.4 Å². The first-order valence-electron chi connectivity index (χ1n) is 21.3. The van der Waals surface area contributed by atoms with Crippen LogP contribution in [-0.4, -0.2) is 77.3 Å². The fraction of sp³-hybridized carbons (Fsp3) is 0.319. The Labute approximate surface area is 369 Å². The Balaban J connectivity index is 0.744. The van der Waals surface area contributed by atoms with Crippen molar-refractivity contribution in [2.45, 2.75) is 56.9 Å². The van der Waals surface area contributed by atoms with Gasteiger partial charge in [0.25, 0.3) is 11.8 Å². The van der Waals surface area contributed by atoms with Crippen LogP contribution in [0.4, 0.5) is 43.3 Å². The highest BCUT2D eigenvalue weighted by Crippen LogP contribution is 2.31. The number of benzene rings is 4. The highest BCUT2D eigenvalue weighted by molar-refractivity contribution is 6.33. The summed E-state index contributed by atoms with van der Waals surface area (Å²) in [6.45, 7) is 4.10. The van der Waals surface area contributed by atoms with Crippen LogP contribution in [0.5, 0.6) is 0 Å². The Kier molecular flexibility index (Phi) is 13.5. The Morgan fingerprint density at radius 1 is 0.778 bits per heavy atom. The Morgan fingerprint density at radius 3 is 2.14 bits per heavy atom. The zero-order chi connectivity index (χ0) is 43.9. The number of anilines is 6. The molecule has 2 saturated heterocycles. The molecule has 0 spiro atoms. The zero-order valence-electron chi connectivity index (χ0n) is 34.5. The summed E-state index contributed by atoms with van der Waals surface area (Å²) < 4.78 is 29.9. The fourth-order valence-electron chi connectivity index (χ4n) is 8.40. The van der Waals surface area contributed by atoms with E-state index in [-0.39, 0.29) is 53.7 Å². The number of nitrogens with zero attached hydrogens (tertiary/aromatic N) is 4. The zero-order valence-corrected chi connectivity index (χ0v) is 35.3. The van der Waals surface area contributed by atoms with E-state index >= 15 is 4.39 Å². The first kappa shape index (κ1) is 43.2. The van der Waals surface area contributed by atoms with Crippen molar-refractivity contribution in [2.75, 3.05) is 53.6 Å². The monoisotopic (exact) mass is 875 g/mol. The fourth-order valence-corrected chi connectivity index (χ4v) is 8.58. The van der Waals surface area contributed by atoms with Gasteiger partial charge in [0.05, 0.1) is 28.5 Å². The van der Waals surface area contributed by atoms with Gasteiger partial charge in [-0.05, 0) is 129 Å². The van der Waals surface area contributed by atoms with Gasteiger partial charge in [-0.25, -0.2) is 13.8 Å². The molecular formula is C47H48ClF2N9O4. The minimum atomic E-state index is -0.662. The van der Waals surface area contributed by atoms with Crippen LogP contribution in [0.1, 0.15) is 77.1 Å². The van der Waals surface area contributed by atoms with Crippen molar-refractivity contribution >= 4 is 69.7 Å². The van der Waals surface area contributed by atoms with E-state index < -0.39 is 11.7 Å². The highest BCUT2D eigenvalue weighted by atomic mass is 35.5. The molecule has 3 aliphatic rings. The van der Waals surface area contributed by atoms with Crippen LogP contribution in [0.25, 0.3) is 0 Å². The van der Waals surface area contributed by atoms with E-state index in [1.54, 1.807) is 84.9 Å². The van der Waals surface area contributed by atoms with Crippen LogP contribution in [-0.2, 0) is 9.59 Å². The Bertz CT molecular complexity index is 2460. The van der Waals surface area contributed by atoms with Gasteiger partial charge >= 0.3 is 0 Å². The smallest absolute Gasteiger partial charge is 0.255 e. The second-order valence-electron chi connectivity index (χ2n) is 16.3. The number of piperazine rings is 1. The summed E-state index contributed by atoms with van der Waals surface area (Å²) in [4.78, 5) is 62.5. The molecule has 63 heavy (non-hydrogen) atoms. The van der Waals surface area contributed by atoms with Gasteiger partial charge in [-0.3, -0.25) is 29.4 Å². The van der Waals surface area contributed by atoms with Gasteiger partial charge in [0.1, 0.15) is 5.82 Å². The van der Waals surface area contributed by atoms with E-state index in [0.717, 1.165) is 71.0 Å². The molecule has 1 aromatic heterocycles. The lowest BCUT2D eigenvalue weighted by Crippen LogP contribution is -2.47. The number of para-hydroxylation sites is 1. The number of imide groups is 1. The van der Waals surface area contributed by atoms with Gasteiger partial charge in [0.15, 0.2) is 11.6 Å². The second kappa shape index (κ2) is 19.7. The molecule has 0 radical (unpaired) electrons. The maximum atomic E-state index is 15.2. The molecule has 1 unspecified atom stereocenters. The van der Waals surface area contributed by atoms with Gasteiger partial charge in [-0.1, -0.05) is 29.8 Å². The molecule has 4 aromatic carbocycles. The molecule has 4 amide bonds. The summed E-state index contributed by atoms with van der Waals surface area (Å²) in [6, 6.07) is 25.5. The SMILES string of the molecule is O=C1CCC(c2ccc(N3CCN(CCC4CCC(NC(=O)c5ccc(Nc6ncc(F)c(Nc7ccc(C(=O)Nc8ccccc8Cl)cc7)n6)cc5)CC4)CC3)c(F)c2)C(=O)N1. The largest absolute Gasteiger partial charge is 0.367 e. The molecule has 13 nitrogen and oxygen atoms in total. The van der Waals surface area contributed by atoms with Crippen LogP contribution in [0.3, 0.4) is 0 Å². The van der Waals surface area contributed by atoms with E-state index in [1.165, 1.54) is 6.07 Å². The summed E-state index contributed by atoms with van der Waals surface area (Å²) in [5.41, 5.74) is 3.69. The predicted octanol–water partition coefficient (Wildman–Crippen LogP) is 8.17. The molecular weight excluding hydrogens is 828 g/mol. The number of nitrogens with one attached hydrogen (secondary N) is 5. The molecule has 0 bridgehead atoms. The standard InChI is InChI=1S/C47H48ClF2N9O4/c48-37-3-1-2-4-40(37)55-45(62)31-7-14-33(15-8-31)52-43-39(50)28-51-47(57-43)54-35-16-9-30(10-17-35)44(61)53-34-12-5-29(6-13-34)21-22-58-23-25-59(26-24-58)41-19-11-32(27-38(41)49)36-18-20-42(60)56-46(36)63/h1-4,7-11,14-17,19,27-29,34,36H,5-6,12-13,18,20-26H2,(H,53,61)(H,55,62)(H,56,60,63)(H2,51,52,54,57). The van der Waals surface area contributed by atoms with E-state index in [9.17, 15) is 23.6 Å². The molecule has 8 rings (SSSR count). The number of amides is 4. The minimum absolute atomic E-state index is 0.0586. The lowest BCUT2D eigenvalue weighted by molar-refractivity contribution is -0.134. The first-order valence-corrected chi connectivity index (χ1v) is 21.7. The third-order valence-electron chi connectivity index (χ3n) is 12.0. The van der Waals surface area contributed by atoms with Gasteiger partial charge in [-0.15, -0.1) is 0 Å². The van der Waals surface area contributed by atoms with Crippen molar-refractivity contribution in [1.82, 2.24) is 25.5 Å². The molecule has 3 heterocycles. The third-order valence-corrected chi connectivity index (χ3v) is 12.4. The third kappa shape index (κ3) is 11.0. The van der Waals surface area contributed by atoms with E-state index in [4.69, 9.17) is 11.6 Å². The van der Waals surface area contributed by atoms with Crippen LogP contribution >= 0.6 is 11.6 Å². The lowest BCUT2D eigenvalue weighted by atomic mass is 9.84. The van der Waals surface area contributed by atoms with Crippen LogP contribution in [0.15, 0.2) is 97.2 Å². The molecule has 1 atom stereocenters.